The Hall–Kier alpha value is -0.940. The number of hydrogen-bond donors (Lipinski definition) is 3. The summed E-state index contributed by atoms with van der Waals surface area (Å²) >= 11 is 0. The van der Waals surface area contributed by atoms with E-state index >= 15 is 0 Å². The summed E-state index contributed by atoms with van der Waals surface area (Å²) in [7, 11) is -1.50. The molecular formula is C14H24FIN4O2S. The van der Waals surface area contributed by atoms with Crippen LogP contribution in [0, 0.1) is 5.82 Å². The average Bonchev–Trinajstić information content (AvgIpc) is 2.50. The van der Waals surface area contributed by atoms with Crippen molar-refractivity contribution >= 4 is 40.0 Å². The third-order valence-corrected chi connectivity index (χ3v) is 4.32. The van der Waals surface area contributed by atoms with E-state index in [0.717, 1.165) is 5.56 Å². The van der Waals surface area contributed by atoms with Crippen LogP contribution in [0.1, 0.15) is 18.9 Å². The molecule has 0 radical (unpaired) electrons. The van der Waals surface area contributed by atoms with Crippen molar-refractivity contribution in [2.75, 3.05) is 25.9 Å². The number of aliphatic imine (C=N–C) groups is 1. The van der Waals surface area contributed by atoms with Gasteiger partial charge in [0, 0.05) is 26.7 Å². The van der Waals surface area contributed by atoms with Gasteiger partial charge in [0.15, 0.2) is 5.96 Å². The lowest BCUT2D eigenvalue weighted by atomic mass is 10.2. The number of benzene rings is 1. The SMILES string of the molecule is CCS(=O)(=O)NCCCNC(=NC)NCc1cccc(F)c1.I. The number of rotatable bonds is 8. The van der Waals surface area contributed by atoms with Gasteiger partial charge in [-0.3, -0.25) is 4.99 Å². The van der Waals surface area contributed by atoms with Crippen LogP contribution in [0.25, 0.3) is 0 Å². The van der Waals surface area contributed by atoms with Crippen molar-refractivity contribution < 1.29 is 12.8 Å². The van der Waals surface area contributed by atoms with Crippen LogP contribution >= 0.6 is 24.0 Å². The first-order valence-corrected chi connectivity index (χ1v) is 8.78. The van der Waals surface area contributed by atoms with E-state index in [4.69, 9.17) is 0 Å². The van der Waals surface area contributed by atoms with Crippen molar-refractivity contribution in [3.05, 3.63) is 35.6 Å². The van der Waals surface area contributed by atoms with Crippen LogP contribution in [0.15, 0.2) is 29.3 Å². The monoisotopic (exact) mass is 458 g/mol. The van der Waals surface area contributed by atoms with Gasteiger partial charge >= 0.3 is 0 Å². The first kappa shape index (κ1) is 22.1. The van der Waals surface area contributed by atoms with E-state index < -0.39 is 10.0 Å². The van der Waals surface area contributed by atoms with E-state index in [0.29, 0.717) is 32.0 Å². The normalized spacial score (nSPS) is 11.7. The predicted octanol–water partition coefficient (Wildman–Crippen LogP) is 1.44. The van der Waals surface area contributed by atoms with Crippen molar-refractivity contribution in [2.45, 2.75) is 19.9 Å². The van der Waals surface area contributed by atoms with Crippen LogP contribution in [-0.2, 0) is 16.6 Å². The molecule has 9 heteroatoms. The summed E-state index contributed by atoms with van der Waals surface area (Å²) in [5.74, 6) is 0.394. The van der Waals surface area contributed by atoms with E-state index in [1.165, 1.54) is 12.1 Å². The van der Waals surface area contributed by atoms with Crippen molar-refractivity contribution in [1.82, 2.24) is 15.4 Å². The van der Waals surface area contributed by atoms with Gasteiger partial charge in [-0.05, 0) is 31.0 Å². The van der Waals surface area contributed by atoms with Crippen molar-refractivity contribution in [3.8, 4) is 0 Å². The van der Waals surface area contributed by atoms with Gasteiger partial charge < -0.3 is 10.6 Å². The molecule has 1 aromatic carbocycles. The number of guanidine groups is 1. The van der Waals surface area contributed by atoms with Crippen LogP contribution in [0.2, 0.25) is 0 Å². The summed E-state index contributed by atoms with van der Waals surface area (Å²) in [4.78, 5) is 4.05. The van der Waals surface area contributed by atoms with Gasteiger partial charge in [0.1, 0.15) is 5.82 Å². The van der Waals surface area contributed by atoms with E-state index in [2.05, 4.69) is 20.3 Å². The molecule has 0 aromatic heterocycles. The fourth-order valence-electron chi connectivity index (χ4n) is 1.68. The fourth-order valence-corrected chi connectivity index (χ4v) is 2.34. The minimum Gasteiger partial charge on any atom is -0.356 e. The molecule has 1 rings (SSSR count). The van der Waals surface area contributed by atoms with E-state index in [9.17, 15) is 12.8 Å². The quantitative estimate of drug-likeness (QED) is 0.238. The second kappa shape index (κ2) is 11.6. The standard InChI is InChI=1S/C14H23FN4O2S.HI/c1-3-22(20,21)19-9-5-8-17-14(16-2)18-11-12-6-4-7-13(15)10-12;/h4,6-7,10,19H,3,5,8-9,11H2,1-2H3,(H2,16,17,18);1H. The van der Waals surface area contributed by atoms with Gasteiger partial charge in [-0.25, -0.2) is 17.5 Å². The molecule has 0 aliphatic carbocycles. The fraction of sp³-hybridized carbons (Fsp3) is 0.500. The maximum absolute atomic E-state index is 13.1. The number of nitrogens with zero attached hydrogens (tertiary/aromatic N) is 1. The van der Waals surface area contributed by atoms with Crippen LogP contribution in [-0.4, -0.2) is 40.3 Å². The van der Waals surface area contributed by atoms with Crippen LogP contribution in [0.5, 0.6) is 0 Å². The Labute approximate surface area is 154 Å². The molecule has 0 aliphatic rings. The first-order valence-electron chi connectivity index (χ1n) is 7.13. The maximum atomic E-state index is 13.1. The largest absolute Gasteiger partial charge is 0.356 e. The Morgan fingerprint density at radius 3 is 2.61 bits per heavy atom. The first-order chi connectivity index (χ1) is 10.5. The van der Waals surface area contributed by atoms with Crippen LogP contribution in [0.3, 0.4) is 0 Å². The second-order valence-corrected chi connectivity index (χ2v) is 6.73. The lowest BCUT2D eigenvalue weighted by molar-refractivity contribution is 0.579. The van der Waals surface area contributed by atoms with E-state index in [1.807, 2.05) is 6.07 Å². The topological polar surface area (TPSA) is 82.6 Å². The summed E-state index contributed by atoms with van der Waals surface area (Å²) in [6, 6.07) is 6.33. The molecule has 0 fully saturated rings. The Morgan fingerprint density at radius 2 is 2.00 bits per heavy atom. The minimum absolute atomic E-state index is 0. The Bertz CT molecular complexity index is 596. The molecule has 0 heterocycles. The van der Waals surface area contributed by atoms with Gasteiger partial charge in [-0.15, -0.1) is 24.0 Å². The lowest BCUT2D eigenvalue weighted by Crippen LogP contribution is -2.38. The molecular weight excluding hydrogens is 434 g/mol. The zero-order chi connectivity index (χ0) is 16.4. The van der Waals surface area contributed by atoms with E-state index in [-0.39, 0.29) is 35.5 Å². The zero-order valence-electron chi connectivity index (χ0n) is 13.3. The number of hydrogen-bond acceptors (Lipinski definition) is 3. The Balaban J connectivity index is 0.00000484. The van der Waals surface area contributed by atoms with Gasteiger partial charge in [-0.1, -0.05) is 12.1 Å². The molecule has 132 valence electrons. The highest BCUT2D eigenvalue weighted by molar-refractivity contribution is 14.0. The van der Waals surface area contributed by atoms with Crippen molar-refractivity contribution in [3.63, 3.8) is 0 Å². The Kier molecular flexibility index (Phi) is 11.1. The smallest absolute Gasteiger partial charge is 0.211 e. The summed E-state index contributed by atoms with van der Waals surface area (Å²) < 4.78 is 38.0. The molecule has 3 N–H and O–H groups in total. The summed E-state index contributed by atoms with van der Waals surface area (Å²) in [6.45, 7) is 3.01. The summed E-state index contributed by atoms with van der Waals surface area (Å²) in [5.41, 5.74) is 0.818. The molecule has 0 saturated carbocycles. The highest BCUT2D eigenvalue weighted by atomic mass is 127. The third-order valence-electron chi connectivity index (χ3n) is 2.92. The molecule has 0 saturated heterocycles. The molecule has 0 aliphatic heterocycles. The molecule has 0 bridgehead atoms. The van der Waals surface area contributed by atoms with E-state index in [1.54, 1.807) is 20.0 Å². The summed E-state index contributed by atoms with van der Waals surface area (Å²) in [6.07, 6.45) is 0.639. The molecule has 0 spiro atoms. The zero-order valence-corrected chi connectivity index (χ0v) is 16.4. The lowest BCUT2D eigenvalue weighted by Gasteiger charge is -2.12. The molecule has 0 atom stereocenters. The van der Waals surface area contributed by atoms with Crippen molar-refractivity contribution in [1.29, 1.82) is 0 Å². The molecule has 1 aromatic rings. The average molecular weight is 458 g/mol. The highest BCUT2D eigenvalue weighted by Gasteiger charge is 2.04. The van der Waals surface area contributed by atoms with Crippen LogP contribution in [0.4, 0.5) is 4.39 Å². The van der Waals surface area contributed by atoms with Gasteiger partial charge in [0.05, 0.1) is 5.75 Å². The third kappa shape index (κ3) is 9.72. The second-order valence-electron chi connectivity index (χ2n) is 4.63. The summed E-state index contributed by atoms with van der Waals surface area (Å²) in [5, 5.41) is 6.13. The van der Waals surface area contributed by atoms with Gasteiger partial charge in [0.25, 0.3) is 0 Å². The molecule has 6 nitrogen and oxygen atoms in total. The maximum Gasteiger partial charge on any atom is 0.211 e. The molecule has 0 unspecified atom stereocenters. The number of nitrogens with one attached hydrogen (secondary N) is 3. The number of halogens is 2. The molecule has 23 heavy (non-hydrogen) atoms. The Morgan fingerprint density at radius 1 is 1.26 bits per heavy atom. The highest BCUT2D eigenvalue weighted by Crippen LogP contribution is 2.02. The van der Waals surface area contributed by atoms with Crippen LogP contribution < -0.4 is 15.4 Å². The molecule has 0 amide bonds. The minimum atomic E-state index is -3.14. The van der Waals surface area contributed by atoms with Gasteiger partial charge in [-0.2, -0.15) is 0 Å². The predicted molar refractivity (Wildman–Crippen MR) is 102 cm³/mol. The number of sulfonamides is 1. The van der Waals surface area contributed by atoms with Crippen molar-refractivity contribution in [2.24, 2.45) is 4.99 Å². The van der Waals surface area contributed by atoms with Gasteiger partial charge in [0.2, 0.25) is 10.0 Å².